The number of anilines is 1. The van der Waals surface area contributed by atoms with E-state index in [2.05, 4.69) is 20.6 Å². The van der Waals surface area contributed by atoms with Crippen molar-refractivity contribution < 1.29 is 4.79 Å². The Kier molecular flexibility index (Phi) is 4.12. The molecular formula is C14H13BrN2O. The molecule has 0 saturated heterocycles. The van der Waals surface area contributed by atoms with E-state index in [0.29, 0.717) is 5.56 Å². The quantitative estimate of drug-likeness (QED) is 0.696. The fourth-order valence-corrected chi connectivity index (χ4v) is 1.97. The molecule has 18 heavy (non-hydrogen) atoms. The van der Waals surface area contributed by atoms with Crippen molar-refractivity contribution in [1.29, 1.82) is 0 Å². The molecule has 0 spiro atoms. The summed E-state index contributed by atoms with van der Waals surface area (Å²) in [6.07, 6.45) is 0. The third-order valence-corrected chi connectivity index (χ3v) is 2.96. The third-order valence-electron chi connectivity index (χ3n) is 2.60. The van der Waals surface area contributed by atoms with Crippen molar-refractivity contribution >= 4 is 27.7 Å². The molecule has 1 amide bonds. The number of nitrogens with zero attached hydrogens (tertiary/aromatic N) is 1. The molecule has 2 aromatic carbocycles. The summed E-state index contributed by atoms with van der Waals surface area (Å²) < 4.78 is 2.73. The van der Waals surface area contributed by atoms with Gasteiger partial charge in [0, 0.05) is 21.7 Å². The van der Waals surface area contributed by atoms with Gasteiger partial charge in [0.05, 0.1) is 5.69 Å². The number of halogens is 1. The lowest BCUT2D eigenvalue weighted by Gasteiger charge is -2.20. The molecule has 0 aliphatic heterocycles. The van der Waals surface area contributed by atoms with Crippen LogP contribution in [0.25, 0.3) is 0 Å². The molecule has 2 aromatic rings. The summed E-state index contributed by atoms with van der Waals surface area (Å²) in [5, 5.41) is 1.45. The van der Waals surface area contributed by atoms with Gasteiger partial charge in [-0.25, -0.2) is 5.01 Å². The Morgan fingerprint density at radius 2 is 1.67 bits per heavy atom. The first-order valence-electron chi connectivity index (χ1n) is 5.55. The van der Waals surface area contributed by atoms with Gasteiger partial charge in [-0.05, 0) is 31.2 Å². The Morgan fingerprint density at radius 1 is 1.06 bits per heavy atom. The molecule has 0 aromatic heterocycles. The zero-order valence-corrected chi connectivity index (χ0v) is 11.5. The van der Waals surface area contributed by atoms with Crippen LogP contribution in [0.5, 0.6) is 0 Å². The summed E-state index contributed by atoms with van der Waals surface area (Å²) in [7, 11) is 0. The molecule has 4 heteroatoms. The Hall–Kier alpha value is -1.65. The Bertz CT molecular complexity index is 525. The lowest BCUT2D eigenvalue weighted by atomic mass is 10.2. The first kappa shape index (κ1) is 12.8. The minimum absolute atomic E-state index is 0.115. The van der Waals surface area contributed by atoms with E-state index >= 15 is 0 Å². The molecule has 0 aliphatic rings. The number of hydrogen-bond donors (Lipinski definition) is 1. The maximum Gasteiger partial charge on any atom is 0.273 e. The Morgan fingerprint density at radius 3 is 2.22 bits per heavy atom. The summed E-state index contributed by atoms with van der Waals surface area (Å²) in [4.78, 5) is 12.3. The van der Waals surface area contributed by atoms with Crippen molar-refractivity contribution in [3.8, 4) is 0 Å². The van der Waals surface area contributed by atoms with E-state index in [-0.39, 0.29) is 5.91 Å². The van der Waals surface area contributed by atoms with Gasteiger partial charge in [0.25, 0.3) is 5.91 Å². The lowest BCUT2D eigenvalue weighted by Crippen LogP contribution is -2.37. The first-order chi connectivity index (χ1) is 8.72. The van der Waals surface area contributed by atoms with Crippen LogP contribution in [0.4, 0.5) is 5.69 Å². The van der Waals surface area contributed by atoms with Crippen LogP contribution >= 0.6 is 16.1 Å². The predicted octanol–water partition coefficient (Wildman–Crippen LogP) is 3.46. The van der Waals surface area contributed by atoms with E-state index < -0.39 is 0 Å². The molecule has 0 unspecified atom stereocenters. The maximum absolute atomic E-state index is 12.3. The summed E-state index contributed by atoms with van der Waals surface area (Å²) in [5.41, 5.74) is 2.57. The normalized spacial score (nSPS) is 10.1. The molecule has 0 aliphatic carbocycles. The van der Waals surface area contributed by atoms with Crippen LogP contribution in [0.2, 0.25) is 0 Å². The highest BCUT2D eigenvalue weighted by Crippen LogP contribution is 2.16. The van der Waals surface area contributed by atoms with E-state index in [9.17, 15) is 4.79 Å². The maximum atomic E-state index is 12.3. The molecular weight excluding hydrogens is 292 g/mol. The van der Waals surface area contributed by atoms with Crippen molar-refractivity contribution in [2.75, 3.05) is 5.01 Å². The molecule has 0 heterocycles. The Labute approximate surface area is 115 Å². The van der Waals surface area contributed by atoms with Crippen LogP contribution in [0.3, 0.4) is 0 Å². The largest absolute Gasteiger partial charge is 0.273 e. The number of carbonyl (C=O) groups excluding carboxylic acids is 1. The van der Waals surface area contributed by atoms with Gasteiger partial charge < -0.3 is 0 Å². The lowest BCUT2D eigenvalue weighted by molar-refractivity contribution is 0.0983. The van der Waals surface area contributed by atoms with E-state index in [1.165, 1.54) is 5.01 Å². The van der Waals surface area contributed by atoms with Gasteiger partial charge in [0.1, 0.15) is 0 Å². The average Bonchev–Trinajstić information content (AvgIpc) is 2.42. The predicted molar refractivity (Wildman–Crippen MR) is 76.5 cm³/mol. The molecule has 1 N–H and O–H groups in total. The summed E-state index contributed by atoms with van der Waals surface area (Å²) >= 11 is 3.12. The third kappa shape index (κ3) is 2.78. The minimum atomic E-state index is -0.115. The number of carbonyl (C=O) groups is 1. The SMILES string of the molecule is Cc1ccc(N(NBr)C(=O)c2ccccc2)cc1. The van der Waals surface area contributed by atoms with Crippen LogP contribution in [-0.2, 0) is 0 Å². The zero-order chi connectivity index (χ0) is 13.0. The molecule has 0 bridgehead atoms. The minimum Gasteiger partial charge on any atom is -0.267 e. The fourth-order valence-electron chi connectivity index (χ4n) is 1.61. The van der Waals surface area contributed by atoms with Crippen molar-refractivity contribution in [3.63, 3.8) is 0 Å². The number of amides is 1. The van der Waals surface area contributed by atoms with Gasteiger partial charge in [-0.1, -0.05) is 35.9 Å². The highest BCUT2D eigenvalue weighted by atomic mass is 79.9. The molecule has 0 fully saturated rings. The highest BCUT2D eigenvalue weighted by molar-refractivity contribution is 9.08. The van der Waals surface area contributed by atoms with Crippen molar-refractivity contribution in [1.82, 2.24) is 4.45 Å². The van der Waals surface area contributed by atoms with Gasteiger partial charge in [-0.3, -0.25) is 4.79 Å². The molecule has 3 nitrogen and oxygen atoms in total. The molecule has 0 atom stereocenters. The zero-order valence-electron chi connectivity index (χ0n) is 9.93. The fraction of sp³-hybridized carbons (Fsp3) is 0.0714. The van der Waals surface area contributed by atoms with E-state index in [0.717, 1.165) is 11.3 Å². The molecule has 2 rings (SSSR count). The highest BCUT2D eigenvalue weighted by Gasteiger charge is 2.16. The van der Waals surface area contributed by atoms with Crippen LogP contribution < -0.4 is 9.46 Å². The number of benzene rings is 2. The standard InChI is InChI=1S/C14H13BrN2O/c1-11-7-9-13(10-8-11)17(16-15)14(18)12-5-3-2-4-6-12/h2-10,16H,1H3. The van der Waals surface area contributed by atoms with Gasteiger partial charge in [0.15, 0.2) is 0 Å². The summed E-state index contributed by atoms with van der Waals surface area (Å²) in [6, 6.07) is 16.9. The molecule has 0 saturated carbocycles. The van der Waals surface area contributed by atoms with Crippen LogP contribution in [0, 0.1) is 6.92 Å². The second kappa shape index (κ2) is 5.80. The van der Waals surface area contributed by atoms with Crippen molar-refractivity contribution in [2.24, 2.45) is 0 Å². The van der Waals surface area contributed by atoms with Gasteiger partial charge in [-0.2, -0.15) is 4.45 Å². The monoisotopic (exact) mass is 304 g/mol. The average molecular weight is 305 g/mol. The molecule has 0 radical (unpaired) electrons. The number of nitrogens with one attached hydrogen (secondary N) is 1. The van der Waals surface area contributed by atoms with Gasteiger partial charge >= 0.3 is 0 Å². The van der Waals surface area contributed by atoms with Crippen molar-refractivity contribution in [3.05, 3.63) is 65.7 Å². The van der Waals surface area contributed by atoms with Gasteiger partial charge in [0.2, 0.25) is 0 Å². The Balaban J connectivity index is 2.29. The summed E-state index contributed by atoms with van der Waals surface area (Å²) in [5.74, 6) is -0.115. The number of aryl methyl sites for hydroxylation is 1. The van der Waals surface area contributed by atoms with E-state index in [4.69, 9.17) is 0 Å². The van der Waals surface area contributed by atoms with Crippen LogP contribution in [0.1, 0.15) is 15.9 Å². The second-order valence-electron chi connectivity index (χ2n) is 3.93. The van der Waals surface area contributed by atoms with E-state index in [1.807, 2.05) is 49.4 Å². The number of hydrogen-bond acceptors (Lipinski definition) is 2. The topological polar surface area (TPSA) is 32.3 Å². The second-order valence-corrected chi connectivity index (χ2v) is 4.28. The van der Waals surface area contributed by atoms with Crippen LogP contribution in [-0.4, -0.2) is 5.91 Å². The van der Waals surface area contributed by atoms with E-state index in [1.54, 1.807) is 12.1 Å². The molecule has 92 valence electrons. The smallest absolute Gasteiger partial charge is 0.267 e. The van der Waals surface area contributed by atoms with Crippen molar-refractivity contribution in [2.45, 2.75) is 6.92 Å². The number of rotatable bonds is 3. The van der Waals surface area contributed by atoms with Crippen LogP contribution in [0.15, 0.2) is 54.6 Å². The first-order valence-corrected chi connectivity index (χ1v) is 6.34. The summed E-state index contributed by atoms with van der Waals surface area (Å²) in [6.45, 7) is 2.01. The van der Waals surface area contributed by atoms with Gasteiger partial charge in [-0.15, -0.1) is 0 Å². The number of hydrazine groups is 1.